The zero-order chi connectivity index (χ0) is 25.9. The summed E-state index contributed by atoms with van der Waals surface area (Å²) in [5.74, 6) is 0.122. The fourth-order valence-corrected chi connectivity index (χ4v) is 6.92. The number of aromatic nitrogens is 1. The molecule has 1 saturated heterocycles. The van der Waals surface area contributed by atoms with Crippen molar-refractivity contribution in [1.82, 2.24) is 10.3 Å². The van der Waals surface area contributed by atoms with Crippen molar-refractivity contribution < 1.29 is 23.6 Å². The molecule has 0 radical (unpaired) electrons. The second-order valence-electron chi connectivity index (χ2n) is 11.0. The fraction of sp³-hybridized carbons (Fsp3) is 0.704. The number of fused-ring (bicyclic) bond motifs is 1. The van der Waals surface area contributed by atoms with E-state index in [2.05, 4.69) is 10.3 Å². The van der Waals surface area contributed by atoms with E-state index in [1.807, 2.05) is 13.0 Å². The van der Waals surface area contributed by atoms with Gasteiger partial charge in [0, 0.05) is 23.6 Å². The Hall–Kier alpha value is -1.94. The lowest BCUT2D eigenvalue weighted by Gasteiger charge is -2.46. The maximum absolute atomic E-state index is 14.7. The Kier molecular flexibility index (Phi) is 11.4. The van der Waals surface area contributed by atoms with Crippen LogP contribution in [0.1, 0.15) is 76.0 Å². The molecule has 5 N–H and O–H groups in total. The summed E-state index contributed by atoms with van der Waals surface area (Å²) in [5.41, 5.74) is 12.7. The van der Waals surface area contributed by atoms with Gasteiger partial charge in [0.15, 0.2) is 5.54 Å². The molecule has 2 amide bonds. The third kappa shape index (κ3) is 6.27. The third-order valence-corrected chi connectivity index (χ3v) is 8.82. The lowest BCUT2D eigenvalue weighted by atomic mass is 9.83. The van der Waals surface area contributed by atoms with E-state index < -0.39 is 17.5 Å². The molecular formula is C27H44Cl2N5O4+. The Bertz CT molecular complexity index is 1010. The summed E-state index contributed by atoms with van der Waals surface area (Å²) in [6, 6.07) is 3.09. The zero-order valence-corrected chi connectivity index (χ0v) is 24.2. The number of quaternary nitrogens is 1. The number of hydrogen-bond donors (Lipinski definition) is 3. The van der Waals surface area contributed by atoms with Crippen LogP contribution in [0.3, 0.4) is 0 Å². The molecule has 2 heterocycles. The van der Waals surface area contributed by atoms with Gasteiger partial charge in [0.1, 0.15) is 18.4 Å². The van der Waals surface area contributed by atoms with Gasteiger partial charge < -0.3 is 16.2 Å². The molecule has 3 aliphatic rings. The third-order valence-electron chi connectivity index (χ3n) is 8.82. The predicted octanol–water partition coefficient (Wildman–Crippen LogP) is 3.19. The number of esters is 1. The first kappa shape index (κ1) is 32.3. The lowest BCUT2D eigenvalue weighted by Crippen LogP contribution is -2.71. The highest BCUT2D eigenvalue weighted by molar-refractivity contribution is 5.91. The lowest BCUT2D eigenvalue weighted by molar-refractivity contribution is -0.900. The number of carbonyl (C=O) groups excluding carboxylic acids is 3. The van der Waals surface area contributed by atoms with Gasteiger partial charge in [-0.25, -0.2) is 14.3 Å². The number of piperidine rings is 1. The molecule has 1 aromatic heterocycles. The number of rotatable bonds is 10. The summed E-state index contributed by atoms with van der Waals surface area (Å²) in [5, 5.41) is 3.25. The molecule has 3 fully saturated rings. The molecule has 38 heavy (non-hydrogen) atoms. The van der Waals surface area contributed by atoms with Crippen molar-refractivity contribution in [3.63, 3.8) is 0 Å². The summed E-state index contributed by atoms with van der Waals surface area (Å²) in [7, 11) is 0. The van der Waals surface area contributed by atoms with Crippen molar-refractivity contribution in [2.75, 3.05) is 25.4 Å². The van der Waals surface area contributed by atoms with E-state index in [1.165, 1.54) is 6.42 Å². The summed E-state index contributed by atoms with van der Waals surface area (Å²) >= 11 is 0. The number of aryl methyl sites for hydroxylation is 1. The number of pyridine rings is 1. The number of likely N-dealkylation sites (tertiary alicyclic amines) is 1. The van der Waals surface area contributed by atoms with E-state index in [1.54, 1.807) is 13.0 Å². The van der Waals surface area contributed by atoms with Crippen LogP contribution in [0.15, 0.2) is 12.1 Å². The Morgan fingerprint density at radius 2 is 1.87 bits per heavy atom. The van der Waals surface area contributed by atoms with E-state index in [4.69, 9.17) is 16.2 Å². The average molecular weight is 574 g/mol. The SMILES string of the molecule is CCOC(=O)CN[C@H](CC1CCCCC1)C(=O)[N+]1(Cc2ccc(N)nc2C)CCC[C@@H]2C[C@@]21C(N)=O.Cl.Cl. The van der Waals surface area contributed by atoms with Crippen LogP contribution >= 0.6 is 24.8 Å². The topological polar surface area (TPSA) is 137 Å². The second-order valence-corrected chi connectivity index (χ2v) is 11.0. The van der Waals surface area contributed by atoms with Crippen molar-refractivity contribution in [1.29, 1.82) is 0 Å². The van der Waals surface area contributed by atoms with Crippen LogP contribution in [-0.2, 0) is 25.7 Å². The molecule has 1 unspecified atom stereocenters. The van der Waals surface area contributed by atoms with Gasteiger partial charge in [-0.1, -0.05) is 32.1 Å². The minimum atomic E-state index is -0.903. The summed E-state index contributed by atoms with van der Waals surface area (Å²) in [6.45, 7) is 4.80. The van der Waals surface area contributed by atoms with Crippen molar-refractivity contribution in [3.05, 3.63) is 23.4 Å². The van der Waals surface area contributed by atoms with Crippen LogP contribution in [0.2, 0.25) is 0 Å². The van der Waals surface area contributed by atoms with E-state index in [9.17, 15) is 14.4 Å². The highest BCUT2D eigenvalue weighted by Crippen LogP contribution is 2.59. The first-order valence-electron chi connectivity index (χ1n) is 13.6. The molecule has 2 saturated carbocycles. The summed E-state index contributed by atoms with van der Waals surface area (Å²) in [4.78, 5) is 44.4. The molecule has 2 aliphatic carbocycles. The van der Waals surface area contributed by atoms with Gasteiger partial charge in [-0.2, -0.15) is 0 Å². The highest BCUT2D eigenvalue weighted by atomic mass is 35.5. The Balaban J connectivity index is 0.00000253. The normalized spacial score (nSPS) is 27.2. The van der Waals surface area contributed by atoms with Gasteiger partial charge in [0.25, 0.3) is 5.91 Å². The minimum Gasteiger partial charge on any atom is -0.465 e. The van der Waals surface area contributed by atoms with Crippen molar-refractivity contribution in [2.45, 2.75) is 89.8 Å². The molecule has 0 bridgehead atoms. The van der Waals surface area contributed by atoms with Crippen LogP contribution in [0.25, 0.3) is 0 Å². The molecule has 0 aromatic carbocycles. The maximum Gasteiger partial charge on any atom is 0.331 e. The van der Waals surface area contributed by atoms with Crippen LogP contribution in [-0.4, -0.2) is 58.5 Å². The largest absolute Gasteiger partial charge is 0.465 e. The summed E-state index contributed by atoms with van der Waals surface area (Å²) in [6.07, 6.45) is 8.73. The second kappa shape index (κ2) is 13.4. The standard InChI is InChI=1S/C27H41N5O4.2ClH/c1-3-36-24(33)16-30-22(14-19-8-5-4-6-9-19)25(34)32(17-20-11-12-23(28)31-18(20)2)13-7-10-21-15-27(21,32)26(29)35;;/h11-12,19,21-22,30H,3-10,13-17H2,1-2H3,(H3-,28,29,31,35);2*1H/p+1/t21-,22-,27+,32?;;/m1../s1. The predicted molar refractivity (Wildman–Crippen MR) is 151 cm³/mol. The number of hydrogen-bond acceptors (Lipinski definition) is 7. The minimum absolute atomic E-state index is 0. The van der Waals surface area contributed by atoms with Crippen LogP contribution in [0.4, 0.5) is 5.82 Å². The van der Waals surface area contributed by atoms with Crippen molar-refractivity contribution in [2.24, 2.45) is 17.6 Å². The Morgan fingerprint density at radius 3 is 2.50 bits per heavy atom. The molecule has 214 valence electrons. The first-order chi connectivity index (χ1) is 17.2. The first-order valence-corrected chi connectivity index (χ1v) is 13.6. The van der Waals surface area contributed by atoms with E-state index in [0.717, 1.165) is 49.8 Å². The molecule has 1 aliphatic heterocycles. The number of nitrogens with one attached hydrogen (secondary N) is 1. The van der Waals surface area contributed by atoms with E-state index >= 15 is 0 Å². The van der Waals surface area contributed by atoms with Crippen molar-refractivity contribution >= 4 is 48.4 Å². The van der Waals surface area contributed by atoms with Crippen LogP contribution in [0.5, 0.6) is 0 Å². The average Bonchev–Trinajstić information content (AvgIpc) is 3.61. The van der Waals surface area contributed by atoms with Gasteiger partial charge >= 0.3 is 11.9 Å². The molecule has 11 heteroatoms. The number of anilines is 1. The molecule has 1 aromatic rings. The Labute approximate surface area is 238 Å². The molecular weight excluding hydrogens is 529 g/mol. The number of nitrogens with zero attached hydrogens (tertiary/aromatic N) is 2. The van der Waals surface area contributed by atoms with Crippen molar-refractivity contribution in [3.8, 4) is 0 Å². The monoisotopic (exact) mass is 572 g/mol. The highest BCUT2D eigenvalue weighted by Gasteiger charge is 2.76. The van der Waals surface area contributed by atoms with Gasteiger partial charge in [-0.05, 0) is 51.2 Å². The molecule has 4 rings (SSSR count). The summed E-state index contributed by atoms with van der Waals surface area (Å²) < 4.78 is 5.12. The number of amides is 2. The van der Waals surface area contributed by atoms with E-state index in [-0.39, 0.29) is 60.2 Å². The van der Waals surface area contributed by atoms with Crippen LogP contribution < -0.4 is 16.8 Å². The molecule has 9 nitrogen and oxygen atoms in total. The maximum atomic E-state index is 14.7. The number of halogens is 2. The van der Waals surface area contributed by atoms with Gasteiger partial charge in [-0.3, -0.25) is 14.9 Å². The molecule has 4 atom stereocenters. The number of primary amides is 1. The molecule has 0 spiro atoms. The number of ether oxygens (including phenoxy) is 1. The quantitative estimate of drug-likeness (QED) is 0.289. The fourth-order valence-electron chi connectivity index (χ4n) is 6.92. The number of nitrogen functional groups attached to an aromatic ring is 1. The smallest absolute Gasteiger partial charge is 0.331 e. The van der Waals surface area contributed by atoms with Gasteiger partial charge in [0.05, 0.1) is 19.7 Å². The van der Waals surface area contributed by atoms with Crippen LogP contribution in [0, 0.1) is 18.8 Å². The Morgan fingerprint density at radius 1 is 1.16 bits per heavy atom. The van der Waals surface area contributed by atoms with Gasteiger partial charge in [0.2, 0.25) is 0 Å². The van der Waals surface area contributed by atoms with E-state index in [0.29, 0.717) is 37.7 Å². The number of nitrogens with two attached hydrogens (primary N) is 2. The van der Waals surface area contributed by atoms with Gasteiger partial charge in [-0.15, -0.1) is 24.8 Å². The zero-order valence-electron chi connectivity index (χ0n) is 22.6. The number of carbonyl (C=O) groups is 3.